The Bertz CT molecular complexity index is 595. The summed E-state index contributed by atoms with van der Waals surface area (Å²) in [7, 11) is 0. The average Bonchev–Trinajstić information content (AvgIpc) is 2.46. The fraction of sp³-hybridized carbons (Fsp3) is 0.400. The molecular formula is C15H18ClN3O. The maximum absolute atomic E-state index is 12.7. The quantitative estimate of drug-likeness (QED) is 0.795. The lowest BCUT2D eigenvalue weighted by atomic mass is 10.1. The lowest BCUT2D eigenvalue weighted by Gasteiger charge is -2.26. The normalized spacial score (nSPS) is 11.0. The molecule has 0 saturated heterocycles. The second-order valence-corrected chi connectivity index (χ2v) is 5.24. The Labute approximate surface area is 123 Å². The molecule has 0 aliphatic rings. The van der Waals surface area contributed by atoms with Gasteiger partial charge in [0.2, 0.25) is 0 Å². The highest BCUT2D eigenvalue weighted by Crippen LogP contribution is 2.17. The van der Waals surface area contributed by atoms with Gasteiger partial charge in [0.25, 0.3) is 5.91 Å². The molecule has 1 heterocycles. The molecule has 1 amide bonds. The summed E-state index contributed by atoms with van der Waals surface area (Å²) in [6.45, 7) is 4.66. The zero-order chi connectivity index (χ0) is 14.5. The minimum absolute atomic E-state index is 0.0174. The number of hydrogen-bond acceptors (Lipinski definition) is 3. The van der Waals surface area contributed by atoms with Gasteiger partial charge in [0.05, 0.1) is 11.1 Å². The van der Waals surface area contributed by atoms with E-state index in [9.17, 15) is 4.79 Å². The standard InChI is InChI=1S/C15H18ClN3O/c1-11(2)19(10-4-7-16)15(20)12-5-3-6-13-14(12)18-9-8-17-13/h3,5-6,8-9,11H,4,7,10H2,1-2H3. The van der Waals surface area contributed by atoms with Crippen molar-refractivity contribution in [3.63, 3.8) is 0 Å². The molecule has 1 aromatic carbocycles. The SMILES string of the molecule is CC(C)N(CCCCl)C(=O)c1cccc2nccnc12. The highest BCUT2D eigenvalue weighted by molar-refractivity contribution is 6.17. The van der Waals surface area contributed by atoms with Crippen molar-refractivity contribution in [3.8, 4) is 0 Å². The lowest BCUT2D eigenvalue weighted by molar-refractivity contribution is 0.0708. The van der Waals surface area contributed by atoms with Crippen LogP contribution in [0.15, 0.2) is 30.6 Å². The molecule has 2 aromatic rings. The average molecular weight is 292 g/mol. The van der Waals surface area contributed by atoms with Crippen LogP contribution in [0.3, 0.4) is 0 Å². The molecule has 0 atom stereocenters. The highest BCUT2D eigenvalue weighted by Gasteiger charge is 2.20. The molecule has 0 aliphatic carbocycles. The highest BCUT2D eigenvalue weighted by atomic mass is 35.5. The van der Waals surface area contributed by atoms with Gasteiger partial charge in [0.1, 0.15) is 5.52 Å². The molecule has 0 bridgehead atoms. The molecule has 0 saturated carbocycles. The number of halogens is 1. The maximum atomic E-state index is 12.7. The third kappa shape index (κ3) is 3.07. The van der Waals surface area contributed by atoms with Gasteiger partial charge in [-0.3, -0.25) is 14.8 Å². The predicted molar refractivity (Wildman–Crippen MR) is 81.0 cm³/mol. The molecule has 5 heteroatoms. The van der Waals surface area contributed by atoms with Crippen LogP contribution in [-0.4, -0.2) is 39.2 Å². The second kappa shape index (κ2) is 6.66. The van der Waals surface area contributed by atoms with Crippen LogP contribution in [0.5, 0.6) is 0 Å². The molecule has 0 radical (unpaired) electrons. The van der Waals surface area contributed by atoms with Crippen LogP contribution in [0.4, 0.5) is 0 Å². The van der Waals surface area contributed by atoms with E-state index in [1.165, 1.54) is 0 Å². The zero-order valence-corrected chi connectivity index (χ0v) is 12.5. The summed E-state index contributed by atoms with van der Waals surface area (Å²) in [5.74, 6) is 0.530. The lowest BCUT2D eigenvalue weighted by Crippen LogP contribution is -2.38. The molecule has 0 unspecified atom stereocenters. The van der Waals surface area contributed by atoms with E-state index in [0.29, 0.717) is 23.5 Å². The van der Waals surface area contributed by atoms with Gasteiger partial charge in [-0.2, -0.15) is 0 Å². The van der Waals surface area contributed by atoms with Gasteiger partial charge in [-0.05, 0) is 32.4 Å². The topological polar surface area (TPSA) is 46.1 Å². The van der Waals surface area contributed by atoms with Crippen molar-refractivity contribution in [3.05, 3.63) is 36.2 Å². The van der Waals surface area contributed by atoms with Crippen molar-refractivity contribution in [1.29, 1.82) is 0 Å². The smallest absolute Gasteiger partial charge is 0.256 e. The number of carbonyl (C=O) groups is 1. The van der Waals surface area contributed by atoms with Crippen LogP contribution >= 0.6 is 11.6 Å². The first-order valence-electron chi connectivity index (χ1n) is 6.72. The van der Waals surface area contributed by atoms with Gasteiger partial charge in [-0.1, -0.05) is 6.07 Å². The molecule has 0 N–H and O–H groups in total. The van der Waals surface area contributed by atoms with E-state index >= 15 is 0 Å². The molecule has 0 aliphatic heterocycles. The summed E-state index contributed by atoms with van der Waals surface area (Å²) in [6, 6.07) is 5.62. The third-order valence-corrected chi connectivity index (χ3v) is 3.41. The van der Waals surface area contributed by atoms with E-state index in [1.54, 1.807) is 18.5 Å². The Morgan fingerprint density at radius 2 is 2.05 bits per heavy atom. The van der Waals surface area contributed by atoms with Gasteiger partial charge in [-0.25, -0.2) is 0 Å². The maximum Gasteiger partial charge on any atom is 0.256 e. The Morgan fingerprint density at radius 1 is 1.30 bits per heavy atom. The Morgan fingerprint density at radius 3 is 2.75 bits per heavy atom. The van der Waals surface area contributed by atoms with Crippen molar-refractivity contribution < 1.29 is 4.79 Å². The predicted octanol–water partition coefficient (Wildman–Crippen LogP) is 3.11. The van der Waals surface area contributed by atoms with Crippen molar-refractivity contribution in [2.45, 2.75) is 26.3 Å². The Hall–Kier alpha value is -1.68. The van der Waals surface area contributed by atoms with Crippen LogP contribution in [0, 0.1) is 0 Å². The van der Waals surface area contributed by atoms with E-state index in [4.69, 9.17) is 11.6 Å². The first-order valence-corrected chi connectivity index (χ1v) is 7.25. The first kappa shape index (κ1) is 14.7. The summed E-state index contributed by atoms with van der Waals surface area (Å²) in [6.07, 6.45) is 4.02. The van der Waals surface area contributed by atoms with Crippen LogP contribution in [0.2, 0.25) is 0 Å². The van der Waals surface area contributed by atoms with Gasteiger partial charge >= 0.3 is 0 Å². The minimum atomic E-state index is -0.0174. The summed E-state index contributed by atoms with van der Waals surface area (Å²) >= 11 is 5.74. The van der Waals surface area contributed by atoms with Crippen molar-refractivity contribution in [1.82, 2.24) is 14.9 Å². The van der Waals surface area contributed by atoms with E-state index in [0.717, 1.165) is 11.9 Å². The van der Waals surface area contributed by atoms with E-state index < -0.39 is 0 Å². The molecule has 1 aromatic heterocycles. The molecule has 2 rings (SSSR count). The van der Waals surface area contributed by atoms with Crippen molar-refractivity contribution >= 4 is 28.5 Å². The number of carbonyl (C=O) groups excluding carboxylic acids is 1. The second-order valence-electron chi connectivity index (χ2n) is 4.86. The van der Waals surface area contributed by atoms with Gasteiger partial charge in [-0.15, -0.1) is 11.6 Å². The monoisotopic (exact) mass is 291 g/mol. The minimum Gasteiger partial charge on any atom is -0.336 e. The molecule has 0 spiro atoms. The number of para-hydroxylation sites is 1. The summed E-state index contributed by atoms with van der Waals surface area (Å²) in [5.41, 5.74) is 1.98. The number of aromatic nitrogens is 2. The van der Waals surface area contributed by atoms with Crippen LogP contribution in [0.25, 0.3) is 11.0 Å². The molecule has 20 heavy (non-hydrogen) atoms. The number of hydrogen-bond donors (Lipinski definition) is 0. The molecular weight excluding hydrogens is 274 g/mol. The Kier molecular flexibility index (Phi) is 4.90. The largest absolute Gasteiger partial charge is 0.336 e. The van der Waals surface area contributed by atoms with Gasteiger partial charge in [0.15, 0.2) is 0 Å². The fourth-order valence-electron chi connectivity index (χ4n) is 2.14. The zero-order valence-electron chi connectivity index (χ0n) is 11.7. The molecule has 4 nitrogen and oxygen atoms in total. The fourth-order valence-corrected chi connectivity index (χ4v) is 2.26. The number of amides is 1. The van der Waals surface area contributed by atoms with Crippen LogP contribution < -0.4 is 0 Å². The third-order valence-electron chi connectivity index (χ3n) is 3.15. The van der Waals surface area contributed by atoms with Crippen molar-refractivity contribution in [2.75, 3.05) is 12.4 Å². The molecule has 0 fully saturated rings. The summed E-state index contributed by atoms with van der Waals surface area (Å²) in [4.78, 5) is 23.1. The number of fused-ring (bicyclic) bond motifs is 1. The Balaban J connectivity index is 2.38. The number of rotatable bonds is 5. The van der Waals surface area contributed by atoms with Crippen LogP contribution in [0.1, 0.15) is 30.6 Å². The molecule has 106 valence electrons. The van der Waals surface area contributed by atoms with E-state index in [-0.39, 0.29) is 11.9 Å². The number of nitrogens with zero attached hydrogens (tertiary/aromatic N) is 3. The number of benzene rings is 1. The van der Waals surface area contributed by atoms with E-state index in [2.05, 4.69) is 9.97 Å². The van der Waals surface area contributed by atoms with Crippen LogP contribution in [-0.2, 0) is 0 Å². The van der Waals surface area contributed by atoms with E-state index in [1.807, 2.05) is 30.9 Å². The first-order chi connectivity index (χ1) is 9.65. The van der Waals surface area contributed by atoms with Gasteiger partial charge < -0.3 is 4.90 Å². The number of alkyl halides is 1. The summed E-state index contributed by atoms with van der Waals surface area (Å²) in [5, 5.41) is 0. The summed E-state index contributed by atoms with van der Waals surface area (Å²) < 4.78 is 0. The van der Waals surface area contributed by atoms with Crippen molar-refractivity contribution in [2.24, 2.45) is 0 Å². The van der Waals surface area contributed by atoms with Gasteiger partial charge in [0, 0.05) is 30.9 Å².